The summed E-state index contributed by atoms with van der Waals surface area (Å²) in [6.45, 7) is 7.13. The number of halogens is 1. The number of ether oxygens (including phenoxy) is 2. The Bertz CT molecular complexity index is 1260. The molecule has 0 spiro atoms. The standard InChI is InChI=1S/C31H35ClN2O4/c1-31(2,3)33-30(36)26(19-22-8-5-4-6-9-22)34(21-24-10-7-11-25(32)18-24)29(35)15-13-23-12-14-27-28(20-23)38-17-16-37-27/h4-12,14,18,20,26H,13,15-17,19,21H2,1-3H3,(H,33,36)/t26-/m1/s1. The van der Waals surface area contributed by atoms with E-state index in [0.29, 0.717) is 36.8 Å². The Labute approximate surface area is 229 Å². The molecule has 0 bridgehead atoms. The fourth-order valence-corrected chi connectivity index (χ4v) is 4.69. The van der Waals surface area contributed by atoms with E-state index in [1.165, 1.54) is 0 Å². The molecule has 0 saturated heterocycles. The van der Waals surface area contributed by atoms with Crippen LogP contribution in [-0.4, -0.2) is 41.5 Å². The molecule has 1 aliphatic rings. The van der Waals surface area contributed by atoms with Gasteiger partial charge in [-0.3, -0.25) is 9.59 Å². The minimum Gasteiger partial charge on any atom is -0.486 e. The van der Waals surface area contributed by atoms with Gasteiger partial charge in [0.25, 0.3) is 0 Å². The highest BCUT2D eigenvalue weighted by atomic mass is 35.5. The molecule has 3 aromatic rings. The molecule has 200 valence electrons. The first-order chi connectivity index (χ1) is 18.2. The quantitative estimate of drug-likeness (QED) is 0.388. The van der Waals surface area contributed by atoms with Gasteiger partial charge in [0.2, 0.25) is 11.8 Å². The van der Waals surface area contributed by atoms with Gasteiger partial charge in [0.05, 0.1) is 0 Å². The molecule has 1 heterocycles. The fraction of sp³-hybridized carbons (Fsp3) is 0.355. The third-order valence-corrected chi connectivity index (χ3v) is 6.48. The molecule has 0 fully saturated rings. The van der Waals surface area contributed by atoms with Gasteiger partial charge in [-0.05, 0) is 68.1 Å². The molecular formula is C31H35ClN2O4. The SMILES string of the molecule is CC(C)(C)NC(=O)[C@@H](Cc1ccccc1)N(Cc1cccc(Cl)c1)C(=O)CCc1ccc2c(c1)OCCO2. The Morgan fingerprint density at radius 3 is 2.32 bits per heavy atom. The zero-order valence-corrected chi connectivity index (χ0v) is 23.0. The topological polar surface area (TPSA) is 67.9 Å². The van der Waals surface area contributed by atoms with Crippen LogP contribution in [0.2, 0.25) is 5.02 Å². The number of nitrogens with zero attached hydrogens (tertiary/aromatic N) is 1. The van der Waals surface area contributed by atoms with Crippen LogP contribution in [0, 0.1) is 0 Å². The Balaban J connectivity index is 1.61. The van der Waals surface area contributed by atoms with E-state index in [1.807, 2.05) is 87.5 Å². The van der Waals surface area contributed by atoms with Gasteiger partial charge in [0.1, 0.15) is 19.3 Å². The lowest BCUT2D eigenvalue weighted by atomic mass is 9.99. The molecule has 6 nitrogen and oxygen atoms in total. The summed E-state index contributed by atoms with van der Waals surface area (Å²) >= 11 is 6.26. The van der Waals surface area contributed by atoms with Crippen LogP contribution in [0.25, 0.3) is 0 Å². The third-order valence-electron chi connectivity index (χ3n) is 6.25. The molecular weight excluding hydrogens is 500 g/mol. The summed E-state index contributed by atoms with van der Waals surface area (Å²) < 4.78 is 11.3. The molecule has 0 aliphatic carbocycles. The van der Waals surface area contributed by atoms with Crippen molar-refractivity contribution in [1.29, 1.82) is 0 Å². The summed E-state index contributed by atoms with van der Waals surface area (Å²) in [5.74, 6) is 1.13. The number of hydrogen-bond donors (Lipinski definition) is 1. The number of amides is 2. The summed E-state index contributed by atoms with van der Waals surface area (Å²) in [7, 11) is 0. The van der Waals surface area contributed by atoms with Gasteiger partial charge in [0, 0.05) is 29.9 Å². The first-order valence-electron chi connectivity index (χ1n) is 13.0. The van der Waals surface area contributed by atoms with Gasteiger partial charge in [-0.15, -0.1) is 0 Å². The van der Waals surface area contributed by atoms with Crippen LogP contribution in [0.3, 0.4) is 0 Å². The summed E-state index contributed by atoms with van der Waals surface area (Å²) in [5.41, 5.74) is 2.38. The first-order valence-corrected chi connectivity index (χ1v) is 13.3. The summed E-state index contributed by atoms with van der Waals surface area (Å²) in [6, 6.07) is 22.3. The largest absolute Gasteiger partial charge is 0.486 e. The van der Waals surface area contributed by atoms with E-state index < -0.39 is 11.6 Å². The Hall–Kier alpha value is -3.51. The maximum Gasteiger partial charge on any atom is 0.243 e. The lowest BCUT2D eigenvalue weighted by Crippen LogP contribution is -2.54. The summed E-state index contributed by atoms with van der Waals surface area (Å²) in [6.07, 6.45) is 1.16. The number of fused-ring (bicyclic) bond motifs is 1. The van der Waals surface area contributed by atoms with E-state index in [2.05, 4.69) is 5.32 Å². The predicted octanol–water partition coefficient (Wildman–Crippen LogP) is 5.60. The van der Waals surface area contributed by atoms with Crippen molar-refractivity contribution in [2.24, 2.45) is 0 Å². The number of benzene rings is 3. The third kappa shape index (κ3) is 7.75. The zero-order chi connectivity index (χ0) is 27.1. The second kappa shape index (κ2) is 12.4. The normalized spacial score (nSPS) is 13.5. The van der Waals surface area contributed by atoms with Crippen LogP contribution in [0.1, 0.15) is 43.9 Å². The molecule has 0 saturated carbocycles. The number of aryl methyl sites for hydroxylation is 1. The van der Waals surface area contributed by atoms with Crippen LogP contribution in [0.4, 0.5) is 0 Å². The van der Waals surface area contributed by atoms with Gasteiger partial charge < -0.3 is 19.7 Å². The van der Waals surface area contributed by atoms with Crippen molar-refractivity contribution in [3.8, 4) is 11.5 Å². The molecule has 2 amide bonds. The molecule has 7 heteroatoms. The molecule has 38 heavy (non-hydrogen) atoms. The monoisotopic (exact) mass is 534 g/mol. The highest BCUT2D eigenvalue weighted by molar-refractivity contribution is 6.30. The minimum absolute atomic E-state index is 0.107. The smallest absolute Gasteiger partial charge is 0.243 e. The van der Waals surface area contributed by atoms with Gasteiger partial charge in [0.15, 0.2) is 11.5 Å². The van der Waals surface area contributed by atoms with Crippen LogP contribution >= 0.6 is 11.6 Å². The molecule has 1 N–H and O–H groups in total. The van der Waals surface area contributed by atoms with Crippen molar-refractivity contribution in [2.75, 3.05) is 13.2 Å². The van der Waals surface area contributed by atoms with E-state index in [4.69, 9.17) is 21.1 Å². The lowest BCUT2D eigenvalue weighted by Gasteiger charge is -2.34. The zero-order valence-electron chi connectivity index (χ0n) is 22.2. The van der Waals surface area contributed by atoms with Gasteiger partial charge in [-0.2, -0.15) is 0 Å². The molecule has 1 aliphatic heterocycles. The van der Waals surface area contributed by atoms with Gasteiger partial charge >= 0.3 is 0 Å². The van der Waals surface area contributed by atoms with Crippen LogP contribution in [0.15, 0.2) is 72.8 Å². The van der Waals surface area contributed by atoms with E-state index in [1.54, 1.807) is 11.0 Å². The average molecular weight is 535 g/mol. The van der Waals surface area contributed by atoms with Gasteiger partial charge in [-0.25, -0.2) is 0 Å². The van der Waals surface area contributed by atoms with E-state index >= 15 is 0 Å². The molecule has 0 unspecified atom stereocenters. The van der Waals surface area contributed by atoms with Crippen molar-refractivity contribution in [3.05, 3.63) is 94.5 Å². The predicted molar refractivity (Wildman–Crippen MR) is 150 cm³/mol. The Morgan fingerprint density at radius 2 is 1.61 bits per heavy atom. The molecule has 3 aromatic carbocycles. The molecule has 0 radical (unpaired) electrons. The fourth-order valence-electron chi connectivity index (χ4n) is 4.48. The van der Waals surface area contributed by atoms with E-state index in [9.17, 15) is 9.59 Å². The van der Waals surface area contributed by atoms with Crippen LogP contribution in [-0.2, 0) is 29.0 Å². The summed E-state index contributed by atoms with van der Waals surface area (Å²) in [4.78, 5) is 29.2. The maximum atomic E-state index is 13.9. The Kier molecular flexibility index (Phi) is 8.95. The molecule has 1 atom stereocenters. The van der Waals surface area contributed by atoms with Crippen LogP contribution in [0.5, 0.6) is 11.5 Å². The number of carbonyl (C=O) groups is 2. The average Bonchev–Trinajstić information content (AvgIpc) is 2.89. The highest BCUT2D eigenvalue weighted by Crippen LogP contribution is 2.31. The molecule has 4 rings (SSSR count). The summed E-state index contributed by atoms with van der Waals surface area (Å²) in [5, 5.41) is 3.68. The Morgan fingerprint density at radius 1 is 0.895 bits per heavy atom. The highest BCUT2D eigenvalue weighted by Gasteiger charge is 2.32. The minimum atomic E-state index is -0.691. The van der Waals surface area contributed by atoms with Crippen molar-refractivity contribution in [1.82, 2.24) is 10.2 Å². The number of carbonyl (C=O) groups excluding carboxylic acids is 2. The second-order valence-corrected chi connectivity index (χ2v) is 11.0. The van der Waals surface area contributed by atoms with E-state index in [0.717, 1.165) is 22.4 Å². The first kappa shape index (κ1) is 27.5. The maximum absolute atomic E-state index is 13.9. The number of nitrogens with one attached hydrogen (secondary N) is 1. The van der Waals surface area contributed by atoms with Crippen LogP contribution < -0.4 is 14.8 Å². The van der Waals surface area contributed by atoms with E-state index in [-0.39, 0.29) is 24.8 Å². The van der Waals surface area contributed by atoms with Crippen molar-refractivity contribution in [3.63, 3.8) is 0 Å². The van der Waals surface area contributed by atoms with Crippen molar-refractivity contribution >= 4 is 23.4 Å². The lowest BCUT2D eigenvalue weighted by molar-refractivity contribution is -0.141. The number of hydrogen-bond acceptors (Lipinski definition) is 4. The van der Waals surface area contributed by atoms with Crippen molar-refractivity contribution in [2.45, 2.75) is 58.2 Å². The van der Waals surface area contributed by atoms with Gasteiger partial charge in [-0.1, -0.05) is 60.1 Å². The second-order valence-electron chi connectivity index (χ2n) is 10.6. The van der Waals surface area contributed by atoms with Crippen molar-refractivity contribution < 1.29 is 19.1 Å². The molecule has 0 aromatic heterocycles. The number of rotatable bonds is 9.